The monoisotopic (exact) mass is 314 g/mol. The highest BCUT2D eigenvalue weighted by Gasteiger charge is 2.15. The fourth-order valence-corrected chi connectivity index (χ4v) is 2.75. The van der Waals surface area contributed by atoms with E-state index in [1.54, 1.807) is 6.07 Å². The molecule has 0 aliphatic carbocycles. The predicted octanol–water partition coefficient (Wildman–Crippen LogP) is 2.35. The molecule has 5 heteroatoms. The smallest absolute Gasteiger partial charge is 0.287 e. The van der Waals surface area contributed by atoms with Crippen LogP contribution in [0.4, 0.5) is 0 Å². The van der Waals surface area contributed by atoms with Gasteiger partial charge >= 0.3 is 0 Å². The number of aryl methyl sites for hydroxylation is 1. The number of carbonyl (C=O) groups is 1. The van der Waals surface area contributed by atoms with Crippen LogP contribution < -0.4 is 5.32 Å². The minimum atomic E-state index is -0.173. The molecule has 0 spiro atoms. The minimum Gasteiger partial charge on any atom is -0.459 e. The zero-order valence-electron chi connectivity index (χ0n) is 13.4. The molecule has 122 valence electrons. The Bertz CT molecular complexity index is 660. The average Bonchev–Trinajstić information content (AvgIpc) is 3.01. The van der Waals surface area contributed by atoms with Crippen LogP contribution >= 0.6 is 0 Å². The van der Waals surface area contributed by atoms with Crippen molar-refractivity contribution in [3.05, 3.63) is 59.0 Å². The third kappa shape index (κ3) is 4.00. The van der Waals surface area contributed by atoms with Gasteiger partial charge in [0.25, 0.3) is 5.91 Å². The molecule has 23 heavy (non-hydrogen) atoms. The van der Waals surface area contributed by atoms with Gasteiger partial charge in [0.2, 0.25) is 0 Å². The first-order valence-corrected chi connectivity index (χ1v) is 7.93. The van der Waals surface area contributed by atoms with Gasteiger partial charge in [-0.3, -0.25) is 9.69 Å². The Morgan fingerprint density at radius 1 is 1.17 bits per heavy atom. The zero-order valence-corrected chi connectivity index (χ0v) is 13.4. The van der Waals surface area contributed by atoms with Crippen molar-refractivity contribution in [1.29, 1.82) is 0 Å². The normalized spacial score (nSPS) is 15.5. The van der Waals surface area contributed by atoms with Gasteiger partial charge in [-0.25, -0.2) is 0 Å². The van der Waals surface area contributed by atoms with E-state index >= 15 is 0 Å². The van der Waals surface area contributed by atoms with Crippen LogP contribution in [0.15, 0.2) is 41.0 Å². The van der Waals surface area contributed by atoms with E-state index in [0.717, 1.165) is 44.0 Å². The third-order valence-electron chi connectivity index (χ3n) is 4.12. The molecule has 0 saturated carbocycles. The number of hydrogen-bond donors (Lipinski definition) is 1. The number of benzene rings is 1. The number of furan rings is 1. The predicted molar refractivity (Wildman–Crippen MR) is 87.2 cm³/mol. The van der Waals surface area contributed by atoms with Crippen LogP contribution in [0.25, 0.3) is 0 Å². The number of carbonyl (C=O) groups excluding carboxylic acids is 1. The highest BCUT2D eigenvalue weighted by molar-refractivity contribution is 5.92. The van der Waals surface area contributed by atoms with E-state index in [4.69, 9.17) is 9.15 Å². The summed E-state index contributed by atoms with van der Waals surface area (Å²) in [6.07, 6.45) is 1.54. The van der Waals surface area contributed by atoms with E-state index in [1.165, 1.54) is 11.8 Å². The summed E-state index contributed by atoms with van der Waals surface area (Å²) >= 11 is 0. The van der Waals surface area contributed by atoms with E-state index in [9.17, 15) is 4.79 Å². The second kappa shape index (κ2) is 7.44. The molecule has 1 fully saturated rings. The van der Waals surface area contributed by atoms with Gasteiger partial charge in [0.15, 0.2) is 5.76 Å². The number of amides is 1. The van der Waals surface area contributed by atoms with Crippen LogP contribution in [0.2, 0.25) is 0 Å². The Kier molecular flexibility index (Phi) is 5.10. The number of hydrogen-bond acceptors (Lipinski definition) is 4. The lowest BCUT2D eigenvalue weighted by Crippen LogP contribution is -2.36. The van der Waals surface area contributed by atoms with Crippen molar-refractivity contribution in [3.8, 4) is 0 Å². The summed E-state index contributed by atoms with van der Waals surface area (Å²) in [5, 5.41) is 2.94. The number of morpholine rings is 1. The summed E-state index contributed by atoms with van der Waals surface area (Å²) in [6, 6.07) is 10.0. The van der Waals surface area contributed by atoms with Gasteiger partial charge in [0, 0.05) is 31.7 Å². The minimum absolute atomic E-state index is 0.173. The number of nitrogens with one attached hydrogen (secondary N) is 1. The summed E-state index contributed by atoms with van der Waals surface area (Å²) in [4.78, 5) is 14.5. The molecule has 5 nitrogen and oxygen atoms in total. The molecule has 1 N–H and O–H groups in total. The van der Waals surface area contributed by atoms with Crippen molar-refractivity contribution in [2.24, 2.45) is 0 Å². The standard InChI is InChI=1S/C18H22N2O3/c1-14-6-9-23-17(14)18(21)19-12-15-4-2-3-5-16(15)13-20-7-10-22-11-8-20/h2-6,9H,7-8,10-13H2,1H3,(H,19,21). The Hall–Kier alpha value is -2.11. The van der Waals surface area contributed by atoms with E-state index in [0.29, 0.717) is 12.3 Å². The first-order chi connectivity index (χ1) is 11.2. The van der Waals surface area contributed by atoms with Crippen molar-refractivity contribution in [2.75, 3.05) is 26.3 Å². The van der Waals surface area contributed by atoms with Gasteiger partial charge < -0.3 is 14.5 Å². The fraction of sp³-hybridized carbons (Fsp3) is 0.389. The maximum Gasteiger partial charge on any atom is 0.287 e. The second-order valence-electron chi connectivity index (χ2n) is 5.77. The topological polar surface area (TPSA) is 54.7 Å². The van der Waals surface area contributed by atoms with Gasteiger partial charge in [-0.15, -0.1) is 0 Å². The third-order valence-corrected chi connectivity index (χ3v) is 4.12. The molecule has 1 saturated heterocycles. The highest BCUT2D eigenvalue weighted by Crippen LogP contribution is 2.14. The molecular weight excluding hydrogens is 292 g/mol. The molecule has 0 bridgehead atoms. The van der Waals surface area contributed by atoms with Crippen LogP contribution in [-0.2, 0) is 17.8 Å². The summed E-state index contributed by atoms with van der Waals surface area (Å²) in [7, 11) is 0. The van der Waals surface area contributed by atoms with Crippen molar-refractivity contribution >= 4 is 5.91 Å². The first-order valence-electron chi connectivity index (χ1n) is 7.93. The maximum atomic E-state index is 12.2. The largest absolute Gasteiger partial charge is 0.459 e. The highest BCUT2D eigenvalue weighted by atomic mass is 16.5. The Labute approximate surface area is 136 Å². The number of ether oxygens (including phenoxy) is 1. The molecule has 1 aliphatic heterocycles. The SMILES string of the molecule is Cc1ccoc1C(=O)NCc1ccccc1CN1CCOCC1. The number of nitrogens with zero attached hydrogens (tertiary/aromatic N) is 1. The van der Waals surface area contributed by atoms with E-state index in [1.807, 2.05) is 19.1 Å². The maximum absolute atomic E-state index is 12.2. The Morgan fingerprint density at radius 3 is 2.61 bits per heavy atom. The van der Waals surface area contributed by atoms with E-state index < -0.39 is 0 Å². The molecule has 0 atom stereocenters. The average molecular weight is 314 g/mol. The summed E-state index contributed by atoms with van der Waals surface area (Å²) in [5.74, 6) is 0.212. The molecule has 1 aromatic heterocycles. The van der Waals surface area contributed by atoms with Crippen LogP contribution in [0.3, 0.4) is 0 Å². The van der Waals surface area contributed by atoms with Gasteiger partial charge in [-0.05, 0) is 24.1 Å². The van der Waals surface area contributed by atoms with Gasteiger partial charge in [-0.1, -0.05) is 24.3 Å². The molecule has 1 aliphatic rings. The molecule has 1 amide bonds. The molecule has 1 aromatic carbocycles. The lowest BCUT2D eigenvalue weighted by molar-refractivity contribution is 0.0340. The quantitative estimate of drug-likeness (QED) is 0.920. The molecule has 0 radical (unpaired) electrons. The molecule has 0 unspecified atom stereocenters. The summed E-state index contributed by atoms with van der Waals surface area (Å²) in [6.45, 7) is 6.73. The molecule has 2 aromatic rings. The van der Waals surface area contributed by atoms with Crippen molar-refractivity contribution < 1.29 is 13.9 Å². The van der Waals surface area contributed by atoms with Gasteiger partial charge in [-0.2, -0.15) is 0 Å². The van der Waals surface area contributed by atoms with Crippen LogP contribution in [0.1, 0.15) is 27.2 Å². The van der Waals surface area contributed by atoms with Crippen molar-refractivity contribution in [3.63, 3.8) is 0 Å². The number of rotatable bonds is 5. The van der Waals surface area contributed by atoms with Crippen molar-refractivity contribution in [1.82, 2.24) is 10.2 Å². The molecular formula is C18H22N2O3. The van der Waals surface area contributed by atoms with E-state index in [-0.39, 0.29) is 5.91 Å². The fourth-order valence-electron chi connectivity index (χ4n) is 2.75. The van der Waals surface area contributed by atoms with Crippen LogP contribution in [-0.4, -0.2) is 37.1 Å². The van der Waals surface area contributed by atoms with Crippen LogP contribution in [0.5, 0.6) is 0 Å². The second-order valence-corrected chi connectivity index (χ2v) is 5.77. The Balaban J connectivity index is 1.63. The lowest BCUT2D eigenvalue weighted by atomic mass is 10.1. The van der Waals surface area contributed by atoms with Gasteiger partial charge in [0.1, 0.15) is 0 Å². The van der Waals surface area contributed by atoms with E-state index in [2.05, 4.69) is 22.3 Å². The Morgan fingerprint density at radius 2 is 1.91 bits per heavy atom. The summed E-state index contributed by atoms with van der Waals surface area (Å²) in [5.41, 5.74) is 3.23. The molecule has 2 heterocycles. The zero-order chi connectivity index (χ0) is 16.1. The summed E-state index contributed by atoms with van der Waals surface area (Å²) < 4.78 is 10.6. The van der Waals surface area contributed by atoms with Crippen molar-refractivity contribution in [2.45, 2.75) is 20.0 Å². The lowest BCUT2D eigenvalue weighted by Gasteiger charge is -2.27. The molecule has 3 rings (SSSR count). The van der Waals surface area contributed by atoms with Crippen LogP contribution in [0, 0.1) is 6.92 Å². The van der Waals surface area contributed by atoms with Gasteiger partial charge in [0.05, 0.1) is 19.5 Å². The first kappa shape index (κ1) is 15.8.